The van der Waals surface area contributed by atoms with Crippen LogP contribution in [0.1, 0.15) is 25.7 Å². The number of likely N-dealkylation sites (N-methyl/N-ethyl adjacent to an activating group) is 1. The Kier molecular flexibility index (Phi) is 5.41. The van der Waals surface area contributed by atoms with Crippen LogP contribution >= 0.6 is 0 Å². The zero-order valence-corrected chi connectivity index (χ0v) is 11.3. The molecule has 1 amide bonds. The van der Waals surface area contributed by atoms with Gasteiger partial charge in [0, 0.05) is 31.8 Å². The first-order valence-corrected chi connectivity index (χ1v) is 7.05. The molecule has 0 aromatic rings. The summed E-state index contributed by atoms with van der Waals surface area (Å²) in [5.41, 5.74) is 0. The molecule has 1 unspecified atom stereocenters. The molecule has 2 aliphatic heterocycles. The Morgan fingerprint density at radius 3 is 2.83 bits per heavy atom. The third-order valence-corrected chi connectivity index (χ3v) is 3.87. The number of amides is 1. The second kappa shape index (κ2) is 7.07. The summed E-state index contributed by atoms with van der Waals surface area (Å²) in [5, 5.41) is 6.33. The second-order valence-electron chi connectivity index (χ2n) is 5.28. The first-order chi connectivity index (χ1) is 8.79. The molecular formula is C13H25N3O2. The van der Waals surface area contributed by atoms with Crippen molar-refractivity contribution < 1.29 is 9.53 Å². The first-order valence-electron chi connectivity index (χ1n) is 7.05. The van der Waals surface area contributed by atoms with Gasteiger partial charge in [-0.2, -0.15) is 0 Å². The van der Waals surface area contributed by atoms with E-state index in [9.17, 15) is 4.79 Å². The summed E-state index contributed by atoms with van der Waals surface area (Å²) in [6.45, 7) is 4.12. The van der Waals surface area contributed by atoms with E-state index >= 15 is 0 Å². The standard InChI is InChI=1S/C13H25N3O2/c1-14-9-12-3-2-6-16(12)10-13(17)15-11-4-7-18-8-5-11/h11-12,14H,2-10H2,1H3,(H,15,17). The summed E-state index contributed by atoms with van der Waals surface area (Å²) < 4.78 is 5.29. The number of hydrogen-bond donors (Lipinski definition) is 2. The van der Waals surface area contributed by atoms with Crippen molar-refractivity contribution in [2.45, 2.75) is 37.8 Å². The van der Waals surface area contributed by atoms with Crippen LogP contribution in [0.3, 0.4) is 0 Å². The van der Waals surface area contributed by atoms with Gasteiger partial charge in [-0.3, -0.25) is 9.69 Å². The maximum atomic E-state index is 12.0. The number of likely N-dealkylation sites (tertiary alicyclic amines) is 1. The summed E-state index contributed by atoms with van der Waals surface area (Å²) in [5.74, 6) is 0.171. The quantitative estimate of drug-likeness (QED) is 0.724. The Morgan fingerprint density at radius 2 is 2.11 bits per heavy atom. The van der Waals surface area contributed by atoms with Crippen LogP contribution in [0.15, 0.2) is 0 Å². The smallest absolute Gasteiger partial charge is 0.234 e. The lowest BCUT2D eigenvalue weighted by molar-refractivity contribution is -0.123. The van der Waals surface area contributed by atoms with Crippen molar-refractivity contribution in [1.82, 2.24) is 15.5 Å². The van der Waals surface area contributed by atoms with Gasteiger partial charge in [-0.25, -0.2) is 0 Å². The van der Waals surface area contributed by atoms with Gasteiger partial charge in [-0.05, 0) is 39.3 Å². The van der Waals surface area contributed by atoms with Gasteiger partial charge in [0.25, 0.3) is 0 Å². The van der Waals surface area contributed by atoms with Crippen molar-refractivity contribution in [2.24, 2.45) is 0 Å². The molecule has 5 heteroatoms. The zero-order valence-electron chi connectivity index (χ0n) is 11.3. The van der Waals surface area contributed by atoms with Gasteiger partial charge in [0.2, 0.25) is 5.91 Å². The maximum absolute atomic E-state index is 12.0. The van der Waals surface area contributed by atoms with Crippen LogP contribution in [0.2, 0.25) is 0 Å². The molecule has 2 heterocycles. The third kappa shape index (κ3) is 3.93. The lowest BCUT2D eigenvalue weighted by atomic mass is 10.1. The van der Waals surface area contributed by atoms with Gasteiger partial charge < -0.3 is 15.4 Å². The molecule has 0 spiro atoms. The number of carbonyl (C=O) groups excluding carboxylic acids is 1. The van der Waals surface area contributed by atoms with E-state index in [-0.39, 0.29) is 5.91 Å². The molecule has 1 atom stereocenters. The highest BCUT2D eigenvalue weighted by Crippen LogP contribution is 2.16. The number of ether oxygens (including phenoxy) is 1. The molecule has 5 nitrogen and oxygen atoms in total. The predicted molar refractivity (Wildman–Crippen MR) is 70.5 cm³/mol. The van der Waals surface area contributed by atoms with E-state index < -0.39 is 0 Å². The van der Waals surface area contributed by atoms with E-state index in [4.69, 9.17) is 4.74 Å². The van der Waals surface area contributed by atoms with Crippen LogP contribution in [0.25, 0.3) is 0 Å². The van der Waals surface area contributed by atoms with E-state index in [0.29, 0.717) is 18.6 Å². The van der Waals surface area contributed by atoms with Crippen molar-refractivity contribution in [1.29, 1.82) is 0 Å². The molecule has 0 aromatic heterocycles. The highest BCUT2D eigenvalue weighted by atomic mass is 16.5. The fourth-order valence-electron chi connectivity index (χ4n) is 2.87. The number of hydrogen-bond acceptors (Lipinski definition) is 4. The predicted octanol–water partition coefficient (Wildman–Crippen LogP) is -0.0346. The van der Waals surface area contributed by atoms with Crippen molar-refractivity contribution in [3.63, 3.8) is 0 Å². The Hall–Kier alpha value is -0.650. The van der Waals surface area contributed by atoms with Crippen molar-refractivity contribution >= 4 is 5.91 Å². The van der Waals surface area contributed by atoms with Gasteiger partial charge >= 0.3 is 0 Å². The van der Waals surface area contributed by atoms with Gasteiger partial charge in [0.05, 0.1) is 6.54 Å². The van der Waals surface area contributed by atoms with Crippen LogP contribution in [-0.2, 0) is 9.53 Å². The van der Waals surface area contributed by atoms with Crippen LogP contribution in [0.4, 0.5) is 0 Å². The van der Waals surface area contributed by atoms with Crippen molar-refractivity contribution in [3.05, 3.63) is 0 Å². The topological polar surface area (TPSA) is 53.6 Å². The number of carbonyl (C=O) groups is 1. The van der Waals surface area contributed by atoms with Crippen LogP contribution in [-0.4, -0.2) is 62.8 Å². The lowest BCUT2D eigenvalue weighted by Crippen LogP contribution is -2.46. The summed E-state index contributed by atoms with van der Waals surface area (Å²) in [4.78, 5) is 14.3. The number of rotatable bonds is 5. The van der Waals surface area contributed by atoms with E-state index in [1.54, 1.807) is 0 Å². The largest absolute Gasteiger partial charge is 0.381 e. The summed E-state index contributed by atoms with van der Waals surface area (Å²) >= 11 is 0. The molecule has 0 aromatic carbocycles. The van der Waals surface area contributed by atoms with E-state index in [1.165, 1.54) is 12.8 Å². The number of nitrogens with zero attached hydrogens (tertiary/aromatic N) is 1. The van der Waals surface area contributed by atoms with Crippen molar-refractivity contribution in [2.75, 3.05) is 39.9 Å². The normalized spacial score (nSPS) is 26.4. The zero-order chi connectivity index (χ0) is 12.8. The Labute approximate surface area is 109 Å². The molecular weight excluding hydrogens is 230 g/mol. The molecule has 2 fully saturated rings. The average molecular weight is 255 g/mol. The lowest BCUT2D eigenvalue weighted by Gasteiger charge is -2.27. The molecule has 104 valence electrons. The number of nitrogens with one attached hydrogen (secondary N) is 2. The molecule has 2 aliphatic rings. The fraction of sp³-hybridized carbons (Fsp3) is 0.923. The van der Waals surface area contributed by atoms with Crippen LogP contribution in [0.5, 0.6) is 0 Å². The van der Waals surface area contributed by atoms with Gasteiger partial charge in [0.15, 0.2) is 0 Å². The van der Waals surface area contributed by atoms with E-state index in [0.717, 1.165) is 39.1 Å². The summed E-state index contributed by atoms with van der Waals surface area (Å²) in [7, 11) is 1.97. The monoisotopic (exact) mass is 255 g/mol. The summed E-state index contributed by atoms with van der Waals surface area (Å²) in [6, 6.07) is 0.840. The van der Waals surface area contributed by atoms with Crippen LogP contribution < -0.4 is 10.6 Å². The fourth-order valence-corrected chi connectivity index (χ4v) is 2.87. The Bertz CT molecular complexity index is 267. The molecule has 0 aliphatic carbocycles. The van der Waals surface area contributed by atoms with Crippen molar-refractivity contribution in [3.8, 4) is 0 Å². The molecule has 2 rings (SSSR count). The molecule has 0 radical (unpaired) electrons. The highest BCUT2D eigenvalue weighted by Gasteiger charge is 2.26. The van der Waals surface area contributed by atoms with E-state index in [2.05, 4.69) is 15.5 Å². The second-order valence-corrected chi connectivity index (χ2v) is 5.28. The SMILES string of the molecule is CNCC1CCCN1CC(=O)NC1CCOCC1. The van der Waals surface area contributed by atoms with Gasteiger partial charge in [-0.1, -0.05) is 0 Å². The molecule has 0 saturated carbocycles. The third-order valence-electron chi connectivity index (χ3n) is 3.87. The van der Waals surface area contributed by atoms with Gasteiger partial charge in [0.1, 0.15) is 0 Å². The molecule has 2 N–H and O–H groups in total. The minimum atomic E-state index is 0.171. The maximum Gasteiger partial charge on any atom is 0.234 e. The molecule has 2 saturated heterocycles. The summed E-state index contributed by atoms with van der Waals surface area (Å²) in [6.07, 6.45) is 4.31. The van der Waals surface area contributed by atoms with Crippen LogP contribution in [0, 0.1) is 0 Å². The first kappa shape index (κ1) is 13.8. The molecule has 0 bridgehead atoms. The Morgan fingerprint density at radius 1 is 1.33 bits per heavy atom. The molecule has 18 heavy (non-hydrogen) atoms. The van der Waals surface area contributed by atoms with E-state index in [1.807, 2.05) is 7.05 Å². The average Bonchev–Trinajstić information content (AvgIpc) is 2.78. The Balaban J connectivity index is 1.72. The minimum absolute atomic E-state index is 0.171. The minimum Gasteiger partial charge on any atom is -0.381 e. The van der Waals surface area contributed by atoms with Gasteiger partial charge in [-0.15, -0.1) is 0 Å². The highest BCUT2D eigenvalue weighted by molar-refractivity contribution is 5.78.